The van der Waals surface area contributed by atoms with Crippen molar-refractivity contribution in [3.63, 3.8) is 0 Å². The normalized spacial score (nSPS) is 13.1. The molecule has 4 aromatic rings. The first-order valence-electron chi connectivity index (χ1n) is 12.4. The Kier molecular flexibility index (Phi) is 6.46. The zero-order valence-electron chi connectivity index (χ0n) is 20.6. The summed E-state index contributed by atoms with van der Waals surface area (Å²) in [7, 11) is 0. The molecule has 0 aliphatic heterocycles. The van der Waals surface area contributed by atoms with E-state index in [1.54, 1.807) is 12.1 Å². The highest BCUT2D eigenvalue weighted by atomic mass is 16.5. The van der Waals surface area contributed by atoms with Crippen LogP contribution in [0.15, 0.2) is 67.0 Å². The van der Waals surface area contributed by atoms with E-state index in [4.69, 9.17) is 10.5 Å². The van der Waals surface area contributed by atoms with Crippen LogP contribution in [0.4, 0.5) is 0 Å². The molecule has 5 rings (SSSR count). The van der Waals surface area contributed by atoms with E-state index in [0.717, 1.165) is 39.7 Å². The monoisotopic (exact) mass is 482 g/mol. The summed E-state index contributed by atoms with van der Waals surface area (Å²) in [5.74, 6) is 1.01. The molecule has 0 radical (unpaired) electrons. The number of amides is 1. The Labute approximate surface area is 210 Å². The summed E-state index contributed by atoms with van der Waals surface area (Å²) in [6.45, 7) is 4.14. The number of nitrogens with zero attached hydrogens (tertiary/aromatic N) is 3. The summed E-state index contributed by atoms with van der Waals surface area (Å²) in [5.41, 5.74) is 11.9. The molecule has 0 spiro atoms. The highest BCUT2D eigenvalue weighted by Gasteiger charge is 2.28. The van der Waals surface area contributed by atoms with Crippen molar-refractivity contribution in [2.24, 2.45) is 5.73 Å². The number of carbonyl (C=O) groups excluding carboxylic acids is 2. The van der Waals surface area contributed by atoms with Gasteiger partial charge in [-0.25, -0.2) is 4.98 Å². The molecule has 2 N–H and O–H groups in total. The number of rotatable bonds is 9. The molecule has 0 bridgehead atoms. The number of primary amides is 1. The van der Waals surface area contributed by atoms with Crippen LogP contribution in [0, 0.1) is 6.92 Å². The highest BCUT2D eigenvalue weighted by molar-refractivity contribution is 5.93. The summed E-state index contributed by atoms with van der Waals surface area (Å²) in [6, 6.07) is 18.0. The van der Waals surface area contributed by atoms with Crippen LogP contribution in [0.25, 0.3) is 22.6 Å². The third-order valence-corrected chi connectivity index (χ3v) is 6.63. The molecule has 2 heterocycles. The molecule has 2 aromatic carbocycles. The second-order valence-corrected chi connectivity index (χ2v) is 9.19. The van der Waals surface area contributed by atoms with Crippen LogP contribution in [0.3, 0.4) is 0 Å². The molecule has 1 saturated carbocycles. The van der Waals surface area contributed by atoms with Crippen molar-refractivity contribution in [1.29, 1.82) is 0 Å². The lowest BCUT2D eigenvalue weighted by molar-refractivity contribution is -0.143. The Morgan fingerprint density at radius 3 is 2.53 bits per heavy atom. The van der Waals surface area contributed by atoms with E-state index in [1.165, 1.54) is 12.8 Å². The van der Waals surface area contributed by atoms with E-state index in [0.29, 0.717) is 30.9 Å². The maximum atomic E-state index is 12.1. The fourth-order valence-electron chi connectivity index (χ4n) is 4.68. The molecule has 0 unspecified atom stereocenters. The van der Waals surface area contributed by atoms with Crippen LogP contribution >= 0.6 is 0 Å². The fourth-order valence-corrected chi connectivity index (χ4v) is 4.68. The molecule has 1 amide bonds. The van der Waals surface area contributed by atoms with E-state index in [-0.39, 0.29) is 5.97 Å². The van der Waals surface area contributed by atoms with Gasteiger partial charge in [0.1, 0.15) is 5.82 Å². The third-order valence-electron chi connectivity index (χ3n) is 6.63. The van der Waals surface area contributed by atoms with Gasteiger partial charge in [0.05, 0.1) is 18.7 Å². The first kappa shape index (κ1) is 23.6. The molecule has 2 aromatic heterocycles. The van der Waals surface area contributed by atoms with Crippen molar-refractivity contribution >= 4 is 11.9 Å². The zero-order chi connectivity index (χ0) is 25.2. The number of benzene rings is 2. The molecule has 0 saturated heterocycles. The zero-order valence-corrected chi connectivity index (χ0v) is 20.6. The predicted octanol–water partition coefficient (Wildman–Crippen LogP) is 5.11. The van der Waals surface area contributed by atoms with E-state index in [9.17, 15) is 9.59 Å². The van der Waals surface area contributed by atoms with Crippen molar-refractivity contribution in [2.45, 2.75) is 45.4 Å². The van der Waals surface area contributed by atoms with Crippen molar-refractivity contribution in [1.82, 2.24) is 14.1 Å². The minimum absolute atomic E-state index is 0.219. The Morgan fingerprint density at radius 2 is 1.86 bits per heavy atom. The van der Waals surface area contributed by atoms with E-state index < -0.39 is 5.91 Å². The van der Waals surface area contributed by atoms with Gasteiger partial charge >= 0.3 is 5.97 Å². The van der Waals surface area contributed by atoms with Gasteiger partial charge < -0.3 is 19.6 Å². The topological polar surface area (TPSA) is 92.1 Å². The van der Waals surface area contributed by atoms with Crippen LogP contribution in [-0.2, 0) is 16.0 Å². The second kappa shape index (κ2) is 9.85. The molecule has 1 aliphatic carbocycles. The number of aryl methyl sites for hydroxylation is 2. The largest absolute Gasteiger partial charge is 0.466 e. The summed E-state index contributed by atoms with van der Waals surface area (Å²) >= 11 is 0. The van der Waals surface area contributed by atoms with Gasteiger partial charge in [-0.15, -0.1) is 0 Å². The number of imidazole rings is 1. The first-order valence-corrected chi connectivity index (χ1v) is 12.4. The third kappa shape index (κ3) is 4.69. The Balaban J connectivity index is 1.53. The van der Waals surface area contributed by atoms with Crippen LogP contribution < -0.4 is 5.73 Å². The van der Waals surface area contributed by atoms with E-state index >= 15 is 0 Å². The van der Waals surface area contributed by atoms with Crippen molar-refractivity contribution in [3.05, 3.63) is 89.6 Å². The lowest BCUT2D eigenvalue weighted by Crippen LogP contribution is -2.12. The molecule has 7 heteroatoms. The van der Waals surface area contributed by atoms with Gasteiger partial charge in [-0.1, -0.05) is 12.1 Å². The van der Waals surface area contributed by atoms with Crippen LogP contribution in [0.2, 0.25) is 0 Å². The number of hydrogen-bond donors (Lipinski definition) is 1. The quantitative estimate of drug-likeness (QED) is 0.336. The maximum absolute atomic E-state index is 12.1. The Morgan fingerprint density at radius 1 is 1.08 bits per heavy atom. The lowest BCUT2D eigenvalue weighted by atomic mass is 10.1. The number of nitrogens with two attached hydrogens (primary N) is 1. The van der Waals surface area contributed by atoms with Crippen LogP contribution in [0.5, 0.6) is 0 Å². The molecule has 36 heavy (non-hydrogen) atoms. The minimum atomic E-state index is -0.458. The average Bonchev–Trinajstić information content (AvgIpc) is 3.44. The van der Waals surface area contributed by atoms with Crippen molar-refractivity contribution in [2.75, 3.05) is 6.61 Å². The molecular formula is C29H30N4O3. The minimum Gasteiger partial charge on any atom is -0.466 e. The fraction of sp³-hybridized carbons (Fsp3) is 0.276. The van der Waals surface area contributed by atoms with E-state index in [1.807, 2.05) is 38.4 Å². The van der Waals surface area contributed by atoms with Gasteiger partial charge in [-0.05, 0) is 86.7 Å². The second-order valence-electron chi connectivity index (χ2n) is 9.19. The number of hydrogen-bond acceptors (Lipinski definition) is 4. The Hall–Kier alpha value is -4.13. The molecule has 1 fully saturated rings. The number of aromatic nitrogens is 3. The van der Waals surface area contributed by atoms with Crippen molar-refractivity contribution in [3.8, 4) is 22.6 Å². The van der Waals surface area contributed by atoms with Gasteiger partial charge in [0.2, 0.25) is 5.91 Å². The van der Waals surface area contributed by atoms with Crippen LogP contribution in [-0.4, -0.2) is 32.6 Å². The maximum Gasteiger partial charge on any atom is 0.306 e. The molecule has 184 valence electrons. The summed E-state index contributed by atoms with van der Waals surface area (Å²) in [5, 5.41) is 0. The number of esters is 1. The smallest absolute Gasteiger partial charge is 0.306 e. The van der Waals surface area contributed by atoms with Gasteiger partial charge in [0.15, 0.2) is 0 Å². The van der Waals surface area contributed by atoms with Gasteiger partial charge in [-0.3, -0.25) is 9.59 Å². The van der Waals surface area contributed by atoms with Gasteiger partial charge in [0.25, 0.3) is 0 Å². The number of carbonyl (C=O) groups is 2. The number of ether oxygens (including phenoxy) is 1. The average molecular weight is 483 g/mol. The molecular weight excluding hydrogens is 452 g/mol. The van der Waals surface area contributed by atoms with Gasteiger partial charge in [-0.2, -0.15) is 0 Å². The summed E-state index contributed by atoms with van der Waals surface area (Å²) in [6.07, 6.45) is 7.10. The molecule has 7 nitrogen and oxygen atoms in total. The lowest BCUT2D eigenvalue weighted by Gasteiger charge is -2.17. The predicted molar refractivity (Wildman–Crippen MR) is 139 cm³/mol. The molecule has 1 aliphatic rings. The molecule has 0 atom stereocenters. The van der Waals surface area contributed by atoms with E-state index in [2.05, 4.69) is 44.5 Å². The first-order chi connectivity index (χ1) is 17.5. The standard InChI is InChI=1S/C29H30N4O3/c1-3-36-27(34)15-12-24-11-14-26(33(24)25-13-8-22(28(30)35)18-19(25)2)20-6-9-23(10-7-20)32-17-16-31-29(32)21-4-5-21/h6-11,13-14,16-18,21H,3-5,12,15H2,1-2H3,(H2,30,35). The SMILES string of the molecule is CCOC(=O)CCc1ccc(-c2ccc(-n3ccnc3C3CC3)cc2)n1-c1ccc(C(N)=O)cc1C. The summed E-state index contributed by atoms with van der Waals surface area (Å²) in [4.78, 5) is 28.3. The van der Waals surface area contributed by atoms with Crippen LogP contribution in [0.1, 0.15) is 59.5 Å². The van der Waals surface area contributed by atoms with Gasteiger partial charge in [0, 0.05) is 40.9 Å². The highest BCUT2D eigenvalue weighted by Crippen LogP contribution is 2.40. The Bertz CT molecular complexity index is 1410. The van der Waals surface area contributed by atoms with Crippen molar-refractivity contribution < 1.29 is 14.3 Å². The summed E-state index contributed by atoms with van der Waals surface area (Å²) < 4.78 is 9.46.